The summed E-state index contributed by atoms with van der Waals surface area (Å²) in [6, 6.07) is 0. The Morgan fingerprint density at radius 1 is 1.50 bits per heavy atom. The molecule has 12 heavy (non-hydrogen) atoms. The van der Waals surface area contributed by atoms with E-state index >= 15 is 0 Å². The van der Waals surface area contributed by atoms with E-state index in [0.717, 1.165) is 18.4 Å². The van der Waals surface area contributed by atoms with Crippen LogP contribution in [-0.2, 0) is 4.74 Å². The van der Waals surface area contributed by atoms with Gasteiger partial charge in [-0.15, -0.1) is 0 Å². The minimum Gasteiger partial charge on any atom is -0.377 e. The molecule has 3 unspecified atom stereocenters. The average molecular weight is 235 g/mol. The summed E-state index contributed by atoms with van der Waals surface area (Å²) < 4.78 is 5.56. The zero-order valence-corrected chi connectivity index (χ0v) is 9.80. The maximum absolute atomic E-state index is 5.56. The number of alkyl halides is 1. The van der Waals surface area contributed by atoms with Gasteiger partial charge in [0.15, 0.2) is 0 Å². The van der Waals surface area contributed by atoms with Crippen molar-refractivity contribution in [3.8, 4) is 0 Å². The first kappa shape index (κ1) is 10.5. The Morgan fingerprint density at radius 2 is 2.17 bits per heavy atom. The summed E-state index contributed by atoms with van der Waals surface area (Å²) in [5.74, 6) is 1.55. The highest BCUT2D eigenvalue weighted by Gasteiger charge is 2.31. The van der Waals surface area contributed by atoms with Crippen LogP contribution in [0.1, 0.15) is 33.6 Å². The lowest BCUT2D eigenvalue weighted by Crippen LogP contribution is -2.18. The van der Waals surface area contributed by atoms with Crippen molar-refractivity contribution in [1.82, 2.24) is 0 Å². The smallest absolute Gasteiger partial charge is 0.0598 e. The second-order valence-electron chi connectivity index (χ2n) is 4.19. The van der Waals surface area contributed by atoms with Gasteiger partial charge < -0.3 is 4.74 Å². The van der Waals surface area contributed by atoms with Crippen molar-refractivity contribution in [2.24, 2.45) is 11.8 Å². The summed E-state index contributed by atoms with van der Waals surface area (Å²) in [5.41, 5.74) is 0. The van der Waals surface area contributed by atoms with Gasteiger partial charge in [0.1, 0.15) is 0 Å². The number of hydrogen-bond donors (Lipinski definition) is 0. The van der Waals surface area contributed by atoms with Gasteiger partial charge in [0.25, 0.3) is 0 Å². The minimum atomic E-state index is 0.452. The Morgan fingerprint density at radius 3 is 2.58 bits per heavy atom. The van der Waals surface area contributed by atoms with Crippen molar-refractivity contribution in [3.05, 3.63) is 0 Å². The third kappa shape index (κ3) is 2.74. The van der Waals surface area contributed by atoms with Gasteiger partial charge in [-0.25, -0.2) is 0 Å². The molecule has 1 fully saturated rings. The van der Waals surface area contributed by atoms with Crippen molar-refractivity contribution in [1.29, 1.82) is 0 Å². The van der Waals surface area contributed by atoms with E-state index in [1.807, 2.05) is 0 Å². The van der Waals surface area contributed by atoms with E-state index in [9.17, 15) is 0 Å². The molecule has 0 aromatic rings. The standard InChI is InChI=1S/C10H19BrO/c1-7(2)4-5-9-8(3)12-6-10(9)11/h7-10H,4-6H2,1-3H3. The van der Waals surface area contributed by atoms with E-state index in [4.69, 9.17) is 4.74 Å². The van der Waals surface area contributed by atoms with Gasteiger partial charge in [-0.05, 0) is 25.2 Å². The average Bonchev–Trinajstić information content (AvgIpc) is 2.28. The molecule has 0 amide bonds. The first-order valence-corrected chi connectivity index (χ1v) is 5.78. The molecule has 1 saturated heterocycles. The van der Waals surface area contributed by atoms with Crippen molar-refractivity contribution >= 4 is 15.9 Å². The van der Waals surface area contributed by atoms with Crippen molar-refractivity contribution in [2.75, 3.05) is 6.61 Å². The fourth-order valence-electron chi connectivity index (χ4n) is 1.73. The van der Waals surface area contributed by atoms with Crippen LogP contribution in [0.25, 0.3) is 0 Å². The largest absolute Gasteiger partial charge is 0.377 e. The monoisotopic (exact) mass is 234 g/mol. The van der Waals surface area contributed by atoms with Crippen LogP contribution < -0.4 is 0 Å². The highest BCUT2D eigenvalue weighted by atomic mass is 79.9. The number of rotatable bonds is 3. The molecule has 0 spiro atoms. The predicted octanol–water partition coefficient (Wildman–Crippen LogP) is 3.22. The van der Waals surface area contributed by atoms with E-state index in [-0.39, 0.29) is 0 Å². The molecule has 1 aliphatic heterocycles. The molecule has 0 aromatic carbocycles. The summed E-state index contributed by atoms with van der Waals surface area (Å²) in [5, 5.41) is 0. The molecule has 3 atom stereocenters. The molecule has 0 saturated carbocycles. The second-order valence-corrected chi connectivity index (χ2v) is 5.37. The SMILES string of the molecule is CC(C)CCC1C(Br)COC1C. The van der Waals surface area contributed by atoms with E-state index in [1.54, 1.807) is 0 Å². The summed E-state index contributed by atoms with van der Waals surface area (Å²) in [4.78, 5) is 0.589. The molecule has 1 aliphatic rings. The maximum Gasteiger partial charge on any atom is 0.0598 e. The quantitative estimate of drug-likeness (QED) is 0.682. The van der Waals surface area contributed by atoms with Crippen LogP contribution in [0.5, 0.6) is 0 Å². The lowest BCUT2D eigenvalue weighted by Gasteiger charge is -2.17. The van der Waals surface area contributed by atoms with Gasteiger partial charge in [-0.2, -0.15) is 0 Å². The molecule has 1 rings (SSSR count). The Labute approximate surface area is 84.0 Å². The summed E-state index contributed by atoms with van der Waals surface area (Å²) in [6.45, 7) is 7.64. The molecule has 0 aliphatic carbocycles. The van der Waals surface area contributed by atoms with Crippen molar-refractivity contribution < 1.29 is 4.74 Å². The number of halogens is 1. The Kier molecular flexibility index (Phi) is 4.04. The molecule has 0 N–H and O–H groups in total. The molecule has 0 radical (unpaired) electrons. The number of hydrogen-bond acceptors (Lipinski definition) is 1. The summed E-state index contributed by atoms with van der Waals surface area (Å²) >= 11 is 3.67. The first-order chi connectivity index (χ1) is 5.61. The molecule has 72 valence electrons. The lowest BCUT2D eigenvalue weighted by molar-refractivity contribution is 0.102. The molecule has 1 nitrogen and oxygen atoms in total. The van der Waals surface area contributed by atoms with Gasteiger partial charge in [0, 0.05) is 4.83 Å². The van der Waals surface area contributed by atoms with Crippen LogP contribution >= 0.6 is 15.9 Å². The van der Waals surface area contributed by atoms with Crippen LogP contribution in [0, 0.1) is 11.8 Å². The maximum atomic E-state index is 5.56. The van der Waals surface area contributed by atoms with Crippen molar-refractivity contribution in [3.63, 3.8) is 0 Å². The fourth-order valence-corrected chi connectivity index (χ4v) is 2.57. The minimum absolute atomic E-state index is 0.452. The van der Waals surface area contributed by atoms with Gasteiger partial charge in [0.2, 0.25) is 0 Å². The second kappa shape index (κ2) is 4.61. The van der Waals surface area contributed by atoms with E-state index in [1.165, 1.54) is 12.8 Å². The molecule has 0 bridgehead atoms. The third-order valence-corrected chi connectivity index (χ3v) is 3.61. The Balaban J connectivity index is 2.29. The van der Waals surface area contributed by atoms with E-state index < -0.39 is 0 Å². The molecule has 2 heteroatoms. The first-order valence-electron chi connectivity index (χ1n) is 4.87. The molecule has 1 heterocycles. The van der Waals surface area contributed by atoms with Gasteiger partial charge in [0.05, 0.1) is 12.7 Å². The molecule has 0 aromatic heterocycles. The van der Waals surface area contributed by atoms with Crippen LogP contribution in [0.15, 0.2) is 0 Å². The topological polar surface area (TPSA) is 9.23 Å². The van der Waals surface area contributed by atoms with Crippen LogP contribution in [0.3, 0.4) is 0 Å². The van der Waals surface area contributed by atoms with Crippen LogP contribution in [-0.4, -0.2) is 17.5 Å². The van der Waals surface area contributed by atoms with Gasteiger partial charge in [-0.1, -0.05) is 36.2 Å². The van der Waals surface area contributed by atoms with Gasteiger partial charge >= 0.3 is 0 Å². The van der Waals surface area contributed by atoms with Crippen LogP contribution in [0.4, 0.5) is 0 Å². The summed E-state index contributed by atoms with van der Waals surface area (Å²) in [6.07, 6.45) is 3.07. The van der Waals surface area contributed by atoms with Crippen LogP contribution in [0.2, 0.25) is 0 Å². The normalized spacial score (nSPS) is 36.2. The zero-order valence-electron chi connectivity index (χ0n) is 8.22. The number of ether oxygens (including phenoxy) is 1. The Bertz CT molecular complexity index is 126. The predicted molar refractivity (Wildman–Crippen MR) is 55.7 cm³/mol. The van der Waals surface area contributed by atoms with Crippen molar-refractivity contribution in [2.45, 2.75) is 44.5 Å². The third-order valence-electron chi connectivity index (χ3n) is 2.66. The molecular formula is C10H19BrO. The lowest BCUT2D eigenvalue weighted by atomic mass is 9.93. The van der Waals surface area contributed by atoms with E-state index in [0.29, 0.717) is 10.9 Å². The Hall–Kier alpha value is 0.440. The van der Waals surface area contributed by atoms with E-state index in [2.05, 4.69) is 36.7 Å². The molecular weight excluding hydrogens is 216 g/mol. The summed E-state index contributed by atoms with van der Waals surface area (Å²) in [7, 11) is 0. The fraction of sp³-hybridized carbons (Fsp3) is 1.00. The highest BCUT2D eigenvalue weighted by Crippen LogP contribution is 2.31. The zero-order chi connectivity index (χ0) is 9.14. The highest BCUT2D eigenvalue weighted by molar-refractivity contribution is 9.09. The van der Waals surface area contributed by atoms with Gasteiger partial charge in [-0.3, -0.25) is 0 Å².